The molecule has 0 fully saturated rings. The van der Waals surface area contributed by atoms with Crippen molar-refractivity contribution < 1.29 is 0 Å². The van der Waals surface area contributed by atoms with Gasteiger partial charge in [-0.1, -0.05) is 6.58 Å². The van der Waals surface area contributed by atoms with Crippen molar-refractivity contribution in [3.8, 4) is 6.07 Å². The first kappa shape index (κ1) is 8.82. The Balaban J connectivity index is 0. The van der Waals surface area contributed by atoms with Crippen molar-refractivity contribution >= 4 is 12.4 Å². The molecule has 1 nitrogen and oxygen atoms in total. The van der Waals surface area contributed by atoms with Gasteiger partial charge in [0.2, 0.25) is 0 Å². The Morgan fingerprint density at radius 2 is 2.00 bits per heavy atom. The van der Waals surface area contributed by atoms with E-state index in [0.717, 1.165) is 0 Å². The van der Waals surface area contributed by atoms with E-state index in [-0.39, 0.29) is 12.4 Å². The third-order valence-electron chi connectivity index (χ3n) is 0.0913. The van der Waals surface area contributed by atoms with Gasteiger partial charge in [0.1, 0.15) is 0 Å². The highest BCUT2D eigenvalue weighted by molar-refractivity contribution is 5.85. The zero-order valence-corrected chi connectivity index (χ0v) is 3.46. The molecule has 0 heterocycles. The van der Waals surface area contributed by atoms with Gasteiger partial charge in [0.25, 0.3) is 0 Å². The number of rotatable bonds is 0. The molecule has 0 bridgehead atoms. The van der Waals surface area contributed by atoms with E-state index in [1.807, 2.05) is 0 Å². The summed E-state index contributed by atoms with van der Waals surface area (Å²) in [6.07, 6.45) is 1.18. The first-order valence-electron chi connectivity index (χ1n) is 0.921. The maximum absolute atomic E-state index is 7.51. The molecule has 0 rings (SSSR count). The zero-order valence-electron chi connectivity index (χ0n) is 2.64. The lowest BCUT2D eigenvalue weighted by Gasteiger charge is -1.31. The van der Waals surface area contributed by atoms with E-state index in [0.29, 0.717) is 0 Å². The number of nitrogens with zero attached hydrogens (tertiary/aromatic N) is 1. The van der Waals surface area contributed by atoms with E-state index in [1.165, 1.54) is 6.08 Å². The minimum Gasteiger partial charge on any atom is -0.193 e. The molecule has 0 radical (unpaired) electrons. The maximum atomic E-state index is 7.51. The normalized spacial score (nSPS) is 3.00. The lowest BCUT2D eigenvalue weighted by Crippen LogP contribution is -1.23. The van der Waals surface area contributed by atoms with Gasteiger partial charge in [0, 0.05) is 6.08 Å². The van der Waals surface area contributed by atoms with Gasteiger partial charge in [-0.05, 0) is 0 Å². The van der Waals surface area contributed by atoms with Crippen LogP contribution in [0.1, 0.15) is 0 Å². The van der Waals surface area contributed by atoms with Crippen LogP contribution in [0.25, 0.3) is 0 Å². The molecular weight excluding hydrogens is 85.5 g/mol. The Bertz CT molecular complexity index is 52.4. The van der Waals surface area contributed by atoms with E-state index in [9.17, 15) is 0 Å². The molecule has 0 aliphatic heterocycles. The van der Waals surface area contributed by atoms with Crippen molar-refractivity contribution in [1.82, 2.24) is 0 Å². The first-order valence-corrected chi connectivity index (χ1v) is 0.921. The monoisotopic (exact) mass is 89.0 g/mol. The molecule has 0 aromatic heterocycles. The third-order valence-corrected chi connectivity index (χ3v) is 0.0913. The van der Waals surface area contributed by atoms with E-state index in [4.69, 9.17) is 5.26 Å². The van der Waals surface area contributed by atoms with Crippen LogP contribution in [0.5, 0.6) is 0 Å². The Labute approximate surface area is 37.3 Å². The Hall–Kier alpha value is -0.480. The molecule has 28 valence electrons. The van der Waals surface area contributed by atoms with Crippen molar-refractivity contribution in [2.45, 2.75) is 0 Å². The average molecular weight is 89.5 g/mol. The second kappa shape index (κ2) is 9.68. The lowest BCUT2D eigenvalue weighted by molar-refractivity contribution is 1.54. The fraction of sp³-hybridized carbons (Fsp3) is 0. The van der Waals surface area contributed by atoms with Crippen LogP contribution in [0.2, 0.25) is 0 Å². The Morgan fingerprint density at radius 1 is 1.80 bits per heavy atom. The van der Waals surface area contributed by atoms with Gasteiger partial charge in [0.05, 0.1) is 6.07 Å². The van der Waals surface area contributed by atoms with Crippen LogP contribution in [-0.2, 0) is 0 Å². The molecule has 0 saturated carbocycles. The highest BCUT2D eigenvalue weighted by atomic mass is 35.5. The largest absolute Gasteiger partial charge is 0.193 e. The molecule has 0 aliphatic rings. The second-order valence-electron chi connectivity index (χ2n) is 0.333. The summed E-state index contributed by atoms with van der Waals surface area (Å²) >= 11 is 0. The van der Waals surface area contributed by atoms with Gasteiger partial charge in [-0.15, -0.1) is 12.4 Å². The fourth-order valence-electron chi connectivity index (χ4n) is 0. The molecule has 2 heteroatoms. The fourth-order valence-corrected chi connectivity index (χ4v) is 0. The van der Waals surface area contributed by atoms with Gasteiger partial charge in [0.15, 0.2) is 0 Å². The molecule has 0 aromatic rings. The molecule has 0 N–H and O–H groups in total. The van der Waals surface area contributed by atoms with Crippen molar-refractivity contribution in [3.63, 3.8) is 0 Å². The van der Waals surface area contributed by atoms with Crippen molar-refractivity contribution in [3.05, 3.63) is 12.7 Å². The first-order chi connectivity index (χ1) is 1.91. The van der Waals surface area contributed by atoms with Crippen LogP contribution in [-0.4, -0.2) is 0 Å². The summed E-state index contributed by atoms with van der Waals surface area (Å²) in [4.78, 5) is 0. The summed E-state index contributed by atoms with van der Waals surface area (Å²) in [6, 6.07) is 1.69. The zero-order chi connectivity index (χ0) is 3.41. The molecular formula is C3H4ClN. The minimum atomic E-state index is 0. The van der Waals surface area contributed by atoms with Crippen LogP contribution in [0, 0.1) is 11.3 Å². The highest BCUT2D eigenvalue weighted by Gasteiger charge is 1.34. The van der Waals surface area contributed by atoms with Crippen LogP contribution < -0.4 is 0 Å². The molecule has 0 aromatic carbocycles. The quantitative estimate of drug-likeness (QED) is 0.408. The molecule has 0 unspecified atom stereocenters. The highest BCUT2D eigenvalue weighted by Crippen LogP contribution is 1.41. The molecule has 0 aliphatic carbocycles. The van der Waals surface area contributed by atoms with Crippen molar-refractivity contribution in [2.75, 3.05) is 0 Å². The van der Waals surface area contributed by atoms with Crippen LogP contribution >= 0.6 is 12.4 Å². The van der Waals surface area contributed by atoms with Crippen molar-refractivity contribution in [1.29, 1.82) is 5.26 Å². The Kier molecular flexibility index (Phi) is 17.1. The van der Waals surface area contributed by atoms with Gasteiger partial charge >= 0.3 is 0 Å². The van der Waals surface area contributed by atoms with Crippen LogP contribution in [0.15, 0.2) is 12.7 Å². The van der Waals surface area contributed by atoms with Gasteiger partial charge in [-0.25, -0.2) is 0 Å². The Morgan fingerprint density at radius 3 is 2.00 bits per heavy atom. The van der Waals surface area contributed by atoms with Gasteiger partial charge < -0.3 is 0 Å². The number of hydrogen-bond acceptors (Lipinski definition) is 1. The van der Waals surface area contributed by atoms with E-state index < -0.39 is 0 Å². The summed E-state index contributed by atoms with van der Waals surface area (Å²) < 4.78 is 0. The lowest BCUT2D eigenvalue weighted by atomic mass is 10.8. The standard InChI is InChI=1S/C3H3N.ClH/c1-2-3-4;/h2H,1H2;1H. The number of halogens is 1. The van der Waals surface area contributed by atoms with Gasteiger partial charge in [-0.2, -0.15) is 5.26 Å². The minimum absolute atomic E-state index is 0. The summed E-state index contributed by atoms with van der Waals surface area (Å²) in [5.74, 6) is 0. The molecule has 0 spiro atoms. The van der Waals surface area contributed by atoms with Crippen molar-refractivity contribution in [2.24, 2.45) is 0 Å². The molecule has 0 atom stereocenters. The predicted octanol–water partition coefficient (Wildman–Crippen LogP) is 1.12. The topological polar surface area (TPSA) is 23.8 Å². The summed E-state index contributed by atoms with van der Waals surface area (Å²) in [6.45, 7) is 3.12. The summed E-state index contributed by atoms with van der Waals surface area (Å²) in [5, 5.41) is 7.51. The smallest absolute Gasteiger partial charge is 0.0905 e. The summed E-state index contributed by atoms with van der Waals surface area (Å²) in [5.41, 5.74) is 0. The summed E-state index contributed by atoms with van der Waals surface area (Å²) in [7, 11) is 0. The number of allylic oxidation sites excluding steroid dienone is 1. The van der Waals surface area contributed by atoms with Crippen LogP contribution in [0.3, 0.4) is 0 Å². The van der Waals surface area contributed by atoms with E-state index in [2.05, 4.69) is 6.58 Å². The third kappa shape index (κ3) is 30.1. The van der Waals surface area contributed by atoms with Gasteiger partial charge in [-0.3, -0.25) is 0 Å². The number of hydrogen-bond donors (Lipinski definition) is 0. The molecule has 0 amide bonds. The maximum Gasteiger partial charge on any atom is 0.0905 e. The van der Waals surface area contributed by atoms with E-state index in [1.54, 1.807) is 6.07 Å². The SMILES string of the molecule is C=CC#N.Cl. The number of nitriles is 1. The average Bonchev–Trinajstić information content (AvgIpc) is 1.37. The molecule has 0 saturated heterocycles. The predicted molar refractivity (Wildman–Crippen MR) is 23.1 cm³/mol. The second-order valence-corrected chi connectivity index (χ2v) is 0.333. The van der Waals surface area contributed by atoms with E-state index >= 15 is 0 Å². The van der Waals surface area contributed by atoms with Crippen LogP contribution in [0.4, 0.5) is 0 Å². The molecule has 5 heavy (non-hydrogen) atoms.